The topological polar surface area (TPSA) is 34.2 Å². The number of nitrogens with one attached hydrogen (secondary N) is 1. The number of hydrogen-bond acceptors (Lipinski definition) is 3. The number of rotatable bonds is 6. The van der Waals surface area contributed by atoms with Gasteiger partial charge < -0.3 is 10.1 Å². The second kappa shape index (κ2) is 6.71. The van der Waals surface area contributed by atoms with E-state index in [0.717, 1.165) is 30.5 Å². The molecular weight excluding hydrogens is 248 g/mol. The van der Waals surface area contributed by atoms with Crippen LogP contribution < -0.4 is 5.32 Å². The predicted octanol–water partition coefficient (Wildman–Crippen LogP) is 4.07. The number of benzene rings is 1. The van der Waals surface area contributed by atoms with Gasteiger partial charge in [-0.1, -0.05) is 32.0 Å². The Hall–Kier alpha value is -1.61. The van der Waals surface area contributed by atoms with Gasteiger partial charge in [-0.05, 0) is 25.3 Å². The Kier molecular flexibility index (Phi) is 4.96. The summed E-state index contributed by atoms with van der Waals surface area (Å²) in [4.78, 5) is 4.86. The lowest BCUT2D eigenvalue weighted by Gasteiger charge is -2.17. The van der Waals surface area contributed by atoms with E-state index in [-0.39, 0.29) is 0 Å². The Bertz CT molecular complexity index is 593. The van der Waals surface area contributed by atoms with E-state index in [9.17, 15) is 0 Å². The van der Waals surface area contributed by atoms with Gasteiger partial charge in [0, 0.05) is 36.0 Å². The van der Waals surface area contributed by atoms with Gasteiger partial charge in [-0.3, -0.25) is 4.98 Å². The van der Waals surface area contributed by atoms with Crippen LogP contribution in [0.15, 0.2) is 18.2 Å². The lowest BCUT2D eigenvalue weighted by Crippen LogP contribution is -2.07. The van der Waals surface area contributed by atoms with Crippen molar-refractivity contribution in [1.82, 2.24) is 4.98 Å². The Labute approximate surface area is 121 Å². The average Bonchev–Trinajstić information content (AvgIpc) is 2.46. The third-order valence-electron chi connectivity index (χ3n) is 3.63. The van der Waals surface area contributed by atoms with Crippen LogP contribution in [0.3, 0.4) is 0 Å². The molecule has 108 valence electrons. The number of methoxy groups -OCH3 is 1. The van der Waals surface area contributed by atoms with E-state index in [1.807, 2.05) is 0 Å². The van der Waals surface area contributed by atoms with Crippen LogP contribution in [0, 0.1) is 6.92 Å². The minimum atomic E-state index is 0.601. The van der Waals surface area contributed by atoms with E-state index < -0.39 is 0 Å². The molecule has 1 aromatic heterocycles. The number of aromatic nitrogens is 1. The molecule has 1 N–H and O–H groups in total. The Morgan fingerprint density at radius 3 is 2.70 bits per heavy atom. The Balaban J connectivity index is 2.67. The summed E-state index contributed by atoms with van der Waals surface area (Å²) >= 11 is 0. The molecule has 0 fully saturated rings. The third kappa shape index (κ3) is 2.78. The molecule has 0 aliphatic carbocycles. The van der Waals surface area contributed by atoms with Gasteiger partial charge in [-0.25, -0.2) is 0 Å². The van der Waals surface area contributed by atoms with Gasteiger partial charge in [0.1, 0.15) is 0 Å². The molecule has 2 aromatic rings. The molecule has 0 saturated carbocycles. The monoisotopic (exact) mass is 272 g/mol. The van der Waals surface area contributed by atoms with Crippen LogP contribution in [0.1, 0.15) is 37.1 Å². The largest absolute Gasteiger partial charge is 0.384 e. The van der Waals surface area contributed by atoms with Gasteiger partial charge in [0.15, 0.2) is 0 Å². The number of hydrogen-bond donors (Lipinski definition) is 1. The molecule has 2 rings (SSSR count). The van der Waals surface area contributed by atoms with Crippen LogP contribution >= 0.6 is 0 Å². The van der Waals surface area contributed by atoms with Gasteiger partial charge >= 0.3 is 0 Å². The molecule has 0 unspecified atom stereocenters. The van der Waals surface area contributed by atoms with Crippen LogP contribution in [-0.4, -0.2) is 18.6 Å². The zero-order valence-electron chi connectivity index (χ0n) is 12.9. The SMILES string of the molecule is CCCNc1c(C)c(CC)nc2c(COC)cccc12. The molecule has 0 atom stereocenters. The van der Waals surface area contributed by atoms with Crippen LogP contribution in [0.5, 0.6) is 0 Å². The van der Waals surface area contributed by atoms with E-state index in [1.54, 1.807) is 7.11 Å². The van der Waals surface area contributed by atoms with Gasteiger partial charge in [0.25, 0.3) is 0 Å². The van der Waals surface area contributed by atoms with Crippen LogP contribution in [0.25, 0.3) is 10.9 Å². The maximum Gasteiger partial charge on any atom is 0.0781 e. The molecule has 0 bridgehead atoms. The van der Waals surface area contributed by atoms with Crippen molar-refractivity contribution in [2.45, 2.75) is 40.2 Å². The molecule has 0 spiro atoms. The summed E-state index contributed by atoms with van der Waals surface area (Å²) in [5.41, 5.74) is 5.88. The van der Waals surface area contributed by atoms with Crippen molar-refractivity contribution in [3.8, 4) is 0 Å². The molecule has 0 aliphatic heterocycles. The molecule has 1 heterocycles. The maximum atomic E-state index is 5.30. The van der Waals surface area contributed by atoms with E-state index in [0.29, 0.717) is 6.61 Å². The molecule has 3 nitrogen and oxygen atoms in total. The summed E-state index contributed by atoms with van der Waals surface area (Å²) in [7, 11) is 1.73. The van der Waals surface area contributed by atoms with E-state index in [2.05, 4.69) is 44.3 Å². The van der Waals surface area contributed by atoms with Crippen LogP contribution in [0.4, 0.5) is 5.69 Å². The van der Waals surface area contributed by atoms with Crippen molar-refractivity contribution >= 4 is 16.6 Å². The third-order valence-corrected chi connectivity index (χ3v) is 3.63. The number of anilines is 1. The molecular formula is C17H24N2O. The quantitative estimate of drug-likeness (QED) is 0.860. The fraction of sp³-hybridized carbons (Fsp3) is 0.471. The normalized spacial score (nSPS) is 11.0. The van der Waals surface area contributed by atoms with Crippen molar-refractivity contribution < 1.29 is 4.74 Å². The van der Waals surface area contributed by atoms with Gasteiger partial charge in [-0.2, -0.15) is 0 Å². The predicted molar refractivity (Wildman–Crippen MR) is 85.4 cm³/mol. The number of aryl methyl sites for hydroxylation is 1. The first-order valence-corrected chi connectivity index (χ1v) is 7.36. The Morgan fingerprint density at radius 1 is 1.25 bits per heavy atom. The lowest BCUT2D eigenvalue weighted by molar-refractivity contribution is 0.186. The molecule has 0 radical (unpaired) electrons. The summed E-state index contributed by atoms with van der Waals surface area (Å²) in [6.07, 6.45) is 2.06. The number of para-hydroxylation sites is 1. The summed E-state index contributed by atoms with van der Waals surface area (Å²) in [5.74, 6) is 0. The summed E-state index contributed by atoms with van der Waals surface area (Å²) < 4.78 is 5.30. The number of pyridine rings is 1. The van der Waals surface area contributed by atoms with Crippen molar-refractivity contribution in [3.63, 3.8) is 0 Å². The number of nitrogens with zero attached hydrogens (tertiary/aromatic N) is 1. The highest BCUT2D eigenvalue weighted by Crippen LogP contribution is 2.30. The fourth-order valence-electron chi connectivity index (χ4n) is 2.58. The number of fused-ring (bicyclic) bond motifs is 1. The smallest absolute Gasteiger partial charge is 0.0781 e. The maximum absolute atomic E-state index is 5.30. The molecule has 3 heteroatoms. The average molecular weight is 272 g/mol. The zero-order chi connectivity index (χ0) is 14.5. The molecule has 1 aromatic carbocycles. The van der Waals surface area contributed by atoms with Crippen molar-refractivity contribution in [2.75, 3.05) is 19.0 Å². The second-order valence-electron chi connectivity index (χ2n) is 5.09. The first kappa shape index (κ1) is 14.8. The van der Waals surface area contributed by atoms with E-state index in [1.165, 1.54) is 22.3 Å². The summed E-state index contributed by atoms with van der Waals surface area (Å²) in [6, 6.07) is 6.32. The molecule has 20 heavy (non-hydrogen) atoms. The van der Waals surface area contributed by atoms with Gasteiger partial charge in [-0.15, -0.1) is 0 Å². The summed E-state index contributed by atoms with van der Waals surface area (Å²) in [6.45, 7) is 8.08. The first-order chi connectivity index (χ1) is 9.72. The van der Waals surface area contributed by atoms with E-state index in [4.69, 9.17) is 9.72 Å². The highest BCUT2D eigenvalue weighted by atomic mass is 16.5. The lowest BCUT2D eigenvalue weighted by atomic mass is 10.0. The highest BCUT2D eigenvalue weighted by molar-refractivity contribution is 5.95. The molecule has 0 amide bonds. The van der Waals surface area contributed by atoms with Gasteiger partial charge in [0.05, 0.1) is 12.1 Å². The Morgan fingerprint density at radius 2 is 2.05 bits per heavy atom. The van der Waals surface area contributed by atoms with E-state index >= 15 is 0 Å². The zero-order valence-corrected chi connectivity index (χ0v) is 12.9. The standard InChI is InChI=1S/C17H24N2O/c1-5-10-18-16-12(3)15(6-2)19-17-13(11-20-4)8-7-9-14(16)17/h7-9H,5-6,10-11H2,1-4H3,(H,18,19). The first-order valence-electron chi connectivity index (χ1n) is 7.36. The van der Waals surface area contributed by atoms with Crippen LogP contribution in [-0.2, 0) is 17.8 Å². The highest BCUT2D eigenvalue weighted by Gasteiger charge is 2.12. The molecule has 0 aliphatic rings. The van der Waals surface area contributed by atoms with Crippen molar-refractivity contribution in [1.29, 1.82) is 0 Å². The molecule has 0 saturated heterocycles. The number of ether oxygens (including phenoxy) is 1. The van der Waals surface area contributed by atoms with Crippen molar-refractivity contribution in [3.05, 3.63) is 35.0 Å². The van der Waals surface area contributed by atoms with Gasteiger partial charge in [0.2, 0.25) is 0 Å². The van der Waals surface area contributed by atoms with Crippen molar-refractivity contribution in [2.24, 2.45) is 0 Å². The van der Waals surface area contributed by atoms with Crippen LogP contribution in [0.2, 0.25) is 0 Å². The fourth-order valence-corrected chi connectivity index (χ4v) is 2.58. The summed E-state index contributed by atoms with van der Waals surface area (Å²) in [5, 5.41) is 4.77. The minimum absolute atomic E-state index is 0.601. The minimum Gasteiger partial charge on any atom is -0.384 e. The second-order valence-corrected chi connectivity index (χ2v) is 5.09.